The van der Waals surface area contributed by atoms with Crippen molar-refractivity contribution in [1.29, 1.82) is 0 Å². The maximum absolute atomic E-state index is 5.56. The Kier molecular flexibility index (Phi) is 5.53. The number of allylic oxidation sites excluding steroid dienone is 1. The van der Waals surface area contributed by atoms with Gasteiger partial charge in [-0.15, -0.1) is 11.8 Å². The van der Waals surface area contributed by atoms with Gasteiger partial charge in [0.05, 0.1) is 6.61 Å². The van der Waals surface area contributed by atoms with Gasteiger partial charge in [-0.3, -0.25) is 0 Å². The van der Waals surface area contributed by atoms with Crippen molar-refractivity contribution >= 4 is 11.8 Å². The fourth-order valence-corrected chi connectivity index (χ4v) is 2.05. The van der Waals surface area contributed by atoms with Crippen molar-refractivity contribution in [3.05, 3.63) is 11.5 Å². The highest BCUT2D eigenvalue weighted by Gasteiger charge is 2.09. The third-order valence-corrected chi connectivity index (χ3v) is 3.03. The van der Waals surface area contributed by atoms with Gasteiger partial charge in [0.25, 0.3) is 0 Å². The van der Waals surface area contributed by atoms with Gasteiger partial charge >= 0.3 is 0 Å². The van der Waals surface area contributed by atoms with Crippen LogP contribution in [0.1, 0.15) is 32.6 Å². The summed E-state index contributed by atoms with van der Waals surface area (Å²) >= 11 is 1.90. The van der Waals surface area contributed by atoms with Gasteiger partial charge in [0.15, 0.2) is 0 Å². The molecule has 0 N–H and O–H groups in total. The zero-order valence-electron chi connectivity index (χ0n) is 7.79. The highest BCUT2D eigenvalue weighted by molar-refractivity contribution is 8.03. The van der Waals surface area contributed by atoms with Gasteiger partial charge in [0.2, 0.25) is 0 Å². The van der Waals surface area contributed by atoms with E-state index in [9.17, 15) is 0 Å². The van der Waals surface area contributed by atoms with Crippen molar-refractivity contribution in [2.45, 2.75) is 37.9 Å². The standard InChI is InChI=1S/C10H18OS/c1-2-3-4-7-11-9-10-6-5-8-12-10/h5,8,10H,2-4,6-7,9H2,1H3. The van der Waals surface area contributed by atoms with Crippen LogP contribution in [-0.2, 0) is 4.74 Å². The first-order chi connectivity index (χ1) is 5.93. The van der Waals surface area contributed by atoms with Crippen LogP contribution in [0.25, 0.3) is 0 Å². The molecule has 1 nitrogen and oxygen atoms in total. The molecule has 1 rings (SSSR count). The van der Waals surface area contributed by atoms with E-state index < -0.39 is 0 Å². The average Bonchev–Trinajstić information content (AvgIpc) is 2.57. The second-order valence-corrected chi connectivity index (χ2v) is 4.36. The fourth-order valence-electron chi connectivity index (χ4n) is 1.21. The monoisotopic (exact) mass is 186 g/mol. The summed E-state index contributed by atoms with van der Waals surface area (Å²) in [5.41, 5.74) is 0. The Bertz CT molecular complexity index is 126. The highest BCUT2D eigenvalue weighted by Crippen LogP contribution is 2.23. The molecule has 0 saturated heterocycles. The molecule has 0 amide bonds. The normalized spacial score (nSPS) is 21.9. The Morgan fingerprint density at radius 1 is 1.50 bits per heavy atom. The van der Waals surface area contributed by atoms with Gasteiger partial charge in [0, 0.05) is 11.9 Å². The molecule has 12 heavy (non-hydrogen) atoms. The van der Waals surface area contributed by atoms with E-state index in [4.69, 9.17) is 4.74 Å². The van der Waals surface area contributed by atoms with Gasteiger partial charge in [-0.25, -0.2) is 0 Å². The molecule has 1 atom stereocenters. The van der Waals surface area contributed by atoms with Crippen LogP contribution < -0.4 is 0 Å². The third-order valence-electron chi connectivity index (χ3n) is 1.96. The second kappa shape index (κ2) is 6.55. The van der Waals surface area contributed by atoms with Crippen LogP contribution >= 0.6 is 11.8 Å². The number of thioether (sulfide) groups is 1. The molecule has 1 aliphatic rings. The molecule has 0 aromatic rings. The molecular weight excluding hydrogens is 168 g/mol. The third kappa shape index (κ3) is 4.17. The maximum Gasteiger partial charge on any atom is 0.0591 e. The predicted octanol–water partition coefficient (Wildman–Crippen LogP) is 3.21. The number of ether oxygens (including phenoxy) is 1. The number of hydrogen-bond acceptors (Lipinski definition) is 2. The average molecular weight is 186 g/mol. The Morgan fingerprint density at radius 3 is 3.08 bits per heavy atom. The summed E-state index contributed by atoms with van der Waals surface area (Å²) < 4.78 is 5.56. The first-order valence-corrected chi connectivity index (χ1v) is 5.76. The van der Waals surface area contributed by atoms with Gasteiger partial charge < -0.3 is 4.74 Å². The smallest absolute Gasteiger partial charge is 0.0591 e. The molecule has 0 aliphatic carbocycles. The van der Waals surface area contributed by atoms with Crippen molar-refractivity contribution in [2.75, 3.05) is 13.2 Å². The fraction of sp³-hybridized carbons (Fsp3) is 0.800. The summed E-state index contributed by atoms with van der Waals surface area (Å²) in [5.74, 6) is 0. The van der Waals surface area contributed by atoms with E-state index in [0.29, 0.717) is 5.25 Å². The van der Waals surface area contributed by atoms with Crippen molar-refractivity contribution < 1.29 is 4.74 Å². The number of unbranched alkanes of at least 4 members (excludes halogenated alkanes) is 2. The predicted molar refractivity (Wildman–Crippen MR) is 55.5 cm³/mol. The van der Waals surface area contributed by atoms with E-state index in [1.807, 2.05) is 11.8 Å². The Labute approximate surface area is 79.6 Å². The summed E-state index contributed by atoms with van der Waals surface area (Å²) in [4.78, 5) is 0. The maximum atomic E-state index is 5.56. The van der Waals surface area contributed by atoms with Gasteiger partial charge in [-0.1, -0.05) is 25.8 Å². The van der Waals surface area contributed by atoms with E-state index in [0.717, 1.165) is 13.2 Å². The molecule has 1 heterocycles. The molecule has 2 heteroatoms. The molecule has 0 fully saturated rings. The van der Waals surface area contributed by atoms with Gasteiger partial charge in [-0.2, -0.15) is 0 Å². The lowest BCUT2D eigenvalue weighted by Gasteiger charge is -2.08. The molecule has 70 valence electrons. The van der Waals surface area contributed by atoms with Crippen molar-refractivity contribution in [2.24, 2.45) is 0 Å². The molecule has 0 radical (unpaired) electrons. The number of hydrogen-bond donors (Lipinski definition) is 0. The topological polar surface area (TPSA) is 9.23 Å². The van der Waals surface area contributed by atoms with Crippen LogP contribution in [0.5, 0.6) is 0 Å². The lowest BCUT2D eigenvalue weighted by atomic mass is 10.3. The van der Waals surface area contributed by atoms with E-state index in [1.54, 1.807) is 0 Å². The molecule has 0 saturated carbocycles. The zero-order valence-corrected chi connectivity index (χ0v) is 8.61. The molecule has 0 spiro atoms. The molecule has 1 unspecified atom stereocenters. The molecular formula is C10H18OS. The van der Waals surface area contributed by atoms with E-state index in [1.165, 1.54) is 25.7 Å². The Morgan fingerprint density at radius 2 is 2.42 bits per heavy atom. The van der Waals surface area contributed by atoms with Crippen LogP contribution in [0.15, 0.2) is 11.5 Å². The van der Waals surface area contributed by atoms with Gasteiger partial charge in [0.1, 0.15) is 0 Å². The summed E-state index contributed by atoms with van der Waals surface area (Å²) in [6.07, 6.45) is 7.23. The first-order valence-electron chi connectivity index (χ1n) is 4.81. The SMILES string of the molecule is CCCCCOCC1CC=CS1. The molecule has 0 aromatic carbocycles. The Hall–Kier alpha value is 0.0500. The summed E-state index contributed by atoms with van der Waals surface area (Å²) in [7, 11) is 0. The van der Waals surface area contributed by atoms with E-state index in [-0.39, 0.29) is 0 Å². The van der Waals surface area contributed by atoms with Crippen LogP contribution in [0.3, 0.4) is 0 Å². The zero-order chi connectivity index (χ0) is 8.65. The summed E-state index contributed by atoms with van der Waals surface area (Å²) in [5, 5.41) is 2.88. The largest absolute Gasteiger partial charge is 0.380 e. The van der Waals surface area contributed by atoms with Crippen molar-refractivity contribution in [3.8, 4) is 0 Å². The minimum Gasteiger partial charge on any atom is -0.380 e. The van der Waals surface area contributed by atoms with E-state index >= 15 is 0 Å². The van der Waals surface area contributed by atoms with Crippen LogP contribution in [-0.4, -0.2) is 18.5 Å². The quantitative estimate of drug-likeness (QED) is 0.589. The van der Waals surface area contributed by atoms with Crippen LogP contribution in [0, 0.1) is 0 Å². The molecule has 0 bridgehead atoms. The second-order valence-electron chi connectivity index (χ2n) is 3.15. The van der Waals surface area contributed by atoms with Crippen LogP contribution in [0.4, 0.5) is 0 Å². The Balaban J connectivity index is 1.82. The lowest BCUT2D eigenvalue weighted by molar-refractivity contribution is 0.132. The van der Waals surface area contributed by atoms with Crippen molar-refractivity contribution in [1.82, 2.24) is 0 Å². The minimum absolute atomic E-state index is 0.701. The summed E-state index contributed by atoms with van der Waals surface area (Å²) in [6.45, 7) is 4.10. The van der Waals surface area contributed by atoms with Gasteiger partial charge in [-0.05, 0) is 18.2 Å². The minimum atomic E-state index is 0.701. The number of rotatable bonds is 6. The van der Waals surface area contributed by atoms with Crippen LogP contribution in [0.2, 0.25) is 0 Å². The first kappa shape index (κ1) is 10.1. The molecule has 1 aliphatic heterocycles. The lowest BCUT2D eigenvalue weighted by Crippen LogP contribution is -2.09. The van der Waals surface area contributed by atoms with E-state index in [2.05, 4.69) is 18.4 Å². The summed E-state index contributed by atoms with van der Waals surface area (Å²) in [6, 6.07) is 0. The molecule has 0 aromatic heterocycles. The van der Waals surface area contributed by atoms with Crippen molar-refractivity contribution in [3.63, 3.8) is 0 Å². The highest BCUT2D eigenvalue weighted by atomic mass is 32.2.